The Morgan fingerprint density at radius 2 is 2.00 bits per heavy atom. The van der Waals surface area contributed by atoms with Crippen LogP contribution < -0.4 is 4.90 Å². The van der Waals surface area contributed by atoms with Crippen molar-refractivity contribution in [3.63, 3.8) is 0 Å². The molecule has 3 rings (SSSR count). The summed E-state index contributed by atoms with van der Waals surface area (Å²) in [4.78, 5) is 22.5. The van der Waals surface area contributed by atoms with Crippen LogP contribution in [0.2, 0.25) is 10.0 Å². The van der Waals surface area contributed by atoms with E-state index < -0.39 is 5.97 Å². The molecule has 0 N–H and O–H groups in total. The molecule has 0 aliphatic heterocycles. The van der Waals surface area contributed by atoms with Crippen LogP contribution in [0.1, 0.15) is 16.1 Å². The van der Waals surface area contributed by atoms with Gasteiger partial charge in [0.2, 0.25) is 5.88 Å². The molecule has 1 aromatic carbocycles. The number of carbonyl (C=O) groups excluding carboxylic acids is 1. The molecule has 0 saturated heterocycles. The zero-order valence-corrected chi connectivity index (χ0v) is 15.8. The molecule has 0 aliphatic carbocycles. The van der Waals surface area contributed by atoms with E-state index in [0.717, 1.165) is 5.56 Å². The summed E-state index contributed by atoms with van der Waals surface area (Å²) >= 11 is 12.7. The van der Waals surface area contributed by atoms with Crippen LogP contribution in [0, 0.1) is 6.92 Å². The van der Waals surface area contributed by atoms with Crippen LogP contribution in [0.4, 0.5) is 11.7 Å². The number of aromatic nitrogens is 2. The molecule has 0 fully saturated rings. The fourth-order valence-corrected chi connectivity index (χ4v) is 2.98. The predicted octanol–water partition coefficient (Wildman–Crippen LogP) is 4.91. The van der Waals surface area contributed by atoms with Gasteiger partial charge in [-0.1, -0.05) is 29.3 Å². The molecule has 0 radical (unpaired) electrons. The Hall–Kier alpha value is -2.57. The number of halogens is 2. The number of esters is 1. The Balaban J connectivity index is 2.22. The summed E-state index contributed by atoms with van der Waals surface area (Å²) in [6.45, 7) is 1.92. The van der Waals surface area contributed by atoms with E-state index in [0.29, 0.717) is 22.3 Å². The molecular formula is C18H15Cl2N3O3. The zero-order valence-electron chi connectivity index (χ0n) is 14.3. The van der Waals surface area contributed by atoms with Gasteiger partial charge in [0.15, 0.2) is 17.3 Å². The van der Waals surface area contributed by atoms with Crippen molar-refractivity contribution in [2.45, 2.75) is 6.92 Å². The summed E-state index contributed by atoms with van der Waals surface area (Å²) < 4.78 is 10.2. The van der Waals surface area contributed by atoms with Crippen molar-refractivity contribution in [1.82, 2.24) is 9.97 Å². The summed E-state index contributed by atoms with van der Waals surface area (Å²) in [6, 6.07) is 8.95. The lowest BCUT2D eigenvalue weighted by Gasteiger charge is -2.18. The number of benzene rings is 1. The fourth-order valence-electron chi connectivity index (χ4n) is 2.38. The third-order valence-electron chi connectivity index (χ3n) is 3.73. The number of anilines is 2. The lowest BCUT2D eigenvalue weighted by Crippen LogP contribution is -2.16. The average molecular weight is 392 g/mol. The van der Waals surface area contributed by atoms with E-state index in [2.05, 4.69) is 9.97 Å². The molecule has 2 heterocycles. The summed E-state index contributed by atoms with van der Waals surface area (Å²) in [5, 5.41) is 0.525. The number of rotatable bonds is 4. The first-order chi connectivity index (χ1) is 12.4. The summed E-state index contributed by atoms with van der Waals surface area (Å²) in [5.41, 5.74) is 1.52. The number of methoxy groups -OCH3 is 1. The van der Waals surface area contributed by atoms with Gasteiger partial charge in [-0.05, 0) is 30.7 Å². The largest absolute Gasteiger partial charge is 0.464 e. The number of furan rings is 1. The third kappa shape index (κ3) is 3.38. The van der Waals surface area contributed by atoms with Gasteiger partial charge in [0, 0.05) is 18.7 Å². The van der Waals surface area contributed by atoms with E-state index in [9.17, 15) is 4.79 Å². The van der Waals surface area contributed by atoms with Crippen molar-refractivity contribution in [2.24, 2.45) is 0 Å². The minimum Gasteiger partial charge on any atom is -0.464 e. The van der Waals surface area contributed by atoms with Gasteiger partial charge in [0.05, 0.1) is 18.4 Å². The number of aryl methyl sites for hydroxylation is 1. The summed E-state index contributed by atoms with van der Waals surface area (Å²) in [5.74, 6) is 0.384. The standard InChI is InChI=1S/C18H15Cl2N3O3/c1-10-6-7-11(12(19)9-10)16-21-15(18(24)25-3)14(20)17(22-16)23(2)13-5-4-8-26-13/h4-9H,1-3H3. The van der Waals surface area contributed by atoms with Crippen LogP contribution in [-0.2, 0) is 4.74 Å². The molecule has 0 spiro atoms. The lowest BCUT2D eigenvalue weighted by atomic mass is 10.1. The van der Waals surface area contributed by atoms with E-state index >= 15 is 0 Å². The molecule has 2 aromatic heterocycles. The van der Waals surface area contributed by atoms with Crippen molar-refractivity contribution in [3.8, 4) is 11.4 Å². The molecule has 26 heavy (non-hydrogen) atoms. The van der Waals surface area contributed by atoms with E-state index in [1.807, 2.05) is 13.0 Å². The van der Waals surface area contributed by atoms with Gasteiger partial charge < -0.3 is 9.15 Å². The second-order valence-electron chi connectivity index (χ2n) is 5.52. The van der Waals surface area contributed by atoms with E-state index in [4.69, 9.17) is 32.4 Å². The van der Waals surface area contributed by atoms with Crippen molar-refractivity contribution < 1.29 is 13.9 Å². The summed E-state index contributed by atoms with van der Waals surface area (Å²) in [7, 11) is 2.98. The van der Waals surface area contributed by atoms with Crippen molar-refractivity contribution in [1.29, 1.82) is 0 Å². The minimum absolute atomic E-state index is 0.0517. The van der Waals surface area contributed by atoms with Crippen molar-refractivity contribution in [2.75, 3.05) is 19.1 Å². The molecule has 0 saturated carbocycles. The highest BCUT2D eigenvalue weighted by atomic mass is 35.5. The first-order valence-corrected chi connectivity index (χ1v) is 8.37. The van der Waals surface area contributed by atoms with Gasteiger partial charge in [-0.15, -0.1) is 0 Å². The van der Waals surface area contributed by atoms with Gasteiger partial charge in [0.25, 0.3) is 0 Å². The van der Waals surface area contributed by atoms with Gasteiger partial charge in [-0.2, -0.15) is 0 Å². The Labute approximate surface area is 160 Å². The Kier molecular flexibility index (Phi) is 5.15. The first-order valence-electron chi connectivity index (χ1n) is 7.62. The van der Waals surface area contributed by atoms with Crippen LogP contribution in [0.3, 0.4) is 0 Å². The number of hydrogen-bond acceptors (Lipinski definition) is 6. The van der Waals surface area contributed by atoms with E-state index in [1.54, 1.807) is 36.2 Å². The SMILES string of the molecule is COC(=O)c1nc(-c2ccc(C)cc2Cl)nc(N(C)c2ccco2)c1Cl. The third-order valence-corrected chi connectivity index (χ3v) is 4.39. The van der Waals surface area contributed by atoms with Gasteiger partial charge in [-0.3, -0.25) is 4.90 Å². The molecule has 0 bridgehead atoms. The van der Waals surface area contributed by atoms with E-state index in [1.165, 1.54) is 13.4 Å². The lowest BCUT2D eigenvalue weighted by molar-refractivity contribution is 0.0594. The van der Waals surface area contributed by atoms with Crippen molar-refractivity contribution >= 4 is 40.9 Å². The number of nitrogens with zero attached hydrogens (tertiary/aromatic N) is 3. The molecule has 0 atom stereocenters. The minimum atomic E-state index is -0.670. The van der Waals surface area contributed by atoms with Crippen LogP contribution in [0.15, 0.2) is 41.0 Å². The maximum absolute atomic E-state index is 12.1. The molecule has 0 unspecified atom stereocenters. The highest BCUT2D eigenvalue weighted by Gasteiger charge is 2.24. The molecule has 3 aromatic rings. The monoisotopic (exact) mass is 391 g/mol. The molecule has 0 amide bonds. The predicted molar refractivity (Wildman–Crippen MR) is 100 cm³/mol. The molecular weight excluding hydrogens is 377 g/mol. The van der Waals surface area contributed by atoms with E-state index in [-0.39, 0.29) is 16.5 Å². The maximum atomic E-state index is 12.1. The highest BCUT2D eigenvalue weighted by Crippen LogP contribution is 2.35. The smallest absolute Gasteiger partial charge is 0.358 e. The molecule has 0 aliphatic rings. The topological polar surface area (TPSA) is 68.5 Å². The fraction of sp³-hybridized carbons (Fsp3) is 0.167. The second-order valence-corrected chi connectivity index (χ2v) is 6.30. The Morgan fingerprint density at radius 1 is 1.23 bits per heavy atom. The maximum Gasteiger partial charge on any atom is 0.358 e. The Morgan fingerprint density at radius 3 is 2.62 bits per heavy atom. The van der Waals surface area contributed by atoms with Crippen molar-refractivity contribution in [3.05, 3.63) is 57.9 Å². The number of hydrogen-bond donors (Lipinski definition) is 0. The van der Waals surface area contributed by atoms with Gasteiger partial charge in [0.1, 0.15) is 5.02 Å². The second kappa shape index (κ2) is 7.35. The number of carbonyl (C=O) groups is 1. The molecule has 6 nitrogen and oxygen atoms in total. The van der Waals surface area contributed by atoms with Gasteiger partial charge >= 0.3 is 5.97 Å². The normalized spacial score (nSPS) is 10.7. The Bertz CT molecular complexity index is 959. The summed E-state index contributed by atoms with van der Waals surface area (Å²) in [6.07, 6.45) is 1.53. The van der Waals surface area contributed by atoms with Crippen LogP contribution in [0.5, 0.6) is 0 Å². The number of ether oxygens (including phenoxy) is 1. The molecule has 8 heteroatoms. The first kappa shape index (κ1) is 18.2. The van der Waals surface area contributed by atoms with Crippen LogP contribution >= 0.6 is 23.2 Å². The average Bonchev–Trinajstić information content (AvgIpc) is 3.15. The zero-order chi connectivity index (χ0) is 18.8. The highest BCUT2D eigenvalue weighted by molar-refractivity contribution is 6.36. The van der Waals surface area contributed by atoms with Crippen LogP contribution in [0.25, 0.3) is 11.4 Å². The van der Waals surface area contributed by atoms with Gasteiger partial charge in [-0.25, -0.2) is 14.8 Å². The van der Waals surface area contributed by atoms with Crippen LogP contribution in [-0.4, -0.2) is 30.1 Å². The molecule has 134 valence electrons. The quantitative estimate of drug-likeness (QED) is 0.588.